The molecule has 1 amide bonds. The SMILES string of the molecule is COc1ccc(-c2cc(C(=O)N(C)C)sc2C)cc1. The number of thiophene rings is 1. The normalized spacial score (nSPS) is 10.3. The van der Waals surface area contributed by atoms with Gasteiger partial charge in [0.25, 0.3) is 5.91 Å². The van der Waals surface area contributed by atoms with Gasteiger partial charge < -0.3 is 9.64 Å². The van der Waals surface area contributed by atoms with Gasteiger partial charge in [-0.3, -0.25) is 4.79 Å². The minimum atomic E-state index is 0.0489. The number of benzene rings is 1. The van der Waals surface area contributed by atoms with Crippen LogP contribution in [0.3, 0.4) is 0 Å². The van der Waals surface area contributed by atoms with Crippen molar-refractivity contribution in [3.63, 3.8) is 0 Å². The topological polar surface area (TPSA) is 29.5 Å². The number of hydrogen-bond acceptors (Lipinski definition) is 3. The Balaban J connectivity index is 2.37. The number of carbonyl (C=O) groups excluding carboxylic acids is 1. The third-order valence-corrected chi connectivity index (χ3v) is 3.97. The first-order chi connectivity index (χ1) is 9.02. The Kier molecular flexibility index (Phi) is 3.90. The second-order valence-corrected chi connectivity index (χ2v) is 5.76. The van der Waals surface area contributed by atoms with Crippen molar-refractivity contribution in [1.29, 1.82) is 0 Å². The molecule has 1 heterocycles. The van der Waals surface area contributed by atoms with Crippen molar-refractivity contribution in [3.8, 4) is 16.9 Å². The summed E-state index contributed by atoms with van der Waals surface area (Å²) in [5, 5.41) is 0. The molecule has 0 aliphatic rings. The lowest BCUT2D eigenvalue weighted by Gasteiger charge is -2.07. The number of amides is 1. The van der Waals surface area contributed by atoms with E-state index in [-0.39, 0.29) is 5.91 Å². The summed E-state index contributed by atoms with van der Waals surface area (Å²) in [4.78, 5) is 15.5. The molecule has 0 bridgehead atoms. The van der Waals surface area contributed by atoms with Gasteiger partial charge in [0, 0.05) is 19.0 Å². The third kappa shape index (κ3) is 2.79. The van der Waals surface area contributed by atoms with Crippen LogP contribution < -0.4 is 4.74 Å². The van der Waals surface area contributed by atoms with E-state index in [0.29, 0.717) is 0 Å². The lowest BCUT2D eigenvalue weighted by molar-refractivity contribution is 0.0832. The molecule has 4 heteroatoms. The standard InChI is InChI=1S/C15H17NO2S/c1-10-13(9-14(19-10)15(17)16(2)3)11-5-7-12(18-4)8-6-11/h5-9H,1-4H3. The predicted molar refractivity (Wildman–Crippen MR) is 79.1 cm³/mol. The Morgan fingerprint density at radius 1 is 1.21 bits per heavy atom. The van der Waals surface area contributed by atoms with Crippen LogP contribution in [0.25, 0.3) is 11.1 Å². The average molecular weight is 275 g/mol. The highest BCUT2D eigenvalue weighted by atomic mass is 32.1. The van der Waals surface area contributed by atoms with Gasteiger partial charge in [-0.25, -0.2) is 0 Å². The van der Waals surface area contributed by atoms with Crippen LogP contribution in [-0.4, -0.2) is 32.0 Å². The number of nitrogens with zero attached hydrogens (tertiary/aromatic N) is 1. The van der Waals surface area contributed by atoms with E-state index in [1.807, 2.05) is 37.3 Å². The first-order valence-corrected chi connectivity index (χ1v) is 6.81. The Morgan fingerprint density at radius 2 is 1.84 bits per heavy atom. The van der Waals surface area contributed by atoms with Crippen molar-refractivity contribution in [3.05, 3.63) is 40.1 Å². The van der Waals surface area contributed by atoms with Crippen molar-refractivity contribution in [2.24, 2.45) is 0 Å². The van der Waals surface area contributed by atoms with Gasteiger partial charge in [0.05, 0.1) is 12.0 Å². The smallest absolute Gasteiger partial charge is 0.263 e. The number of ether oxygens (including phenoxy) is 1. The lowest BCUT2D eigenvalue weighted by atomic mass is 10.1. The molecular formula is C15H17NO2S. The molecule has 19 heavy (non-hydrogen) atoms. The van der Waals surface area contributed by atoms with Gasteiger partial charge in [0.1, 0.15) is 5.75 Å². The molecule has 2 aromatic rings. The largest absolute Gasteiger partial charge is 0.497 e. The molecule has 0 saturated heterocycles. The van der Waals surface area contributed by atoms with Crippen LogP contribution in [-0.2, 0) is 0 Å². The van der Waals surface area contributed by atoms with Gasteiger partial charge in [-0.1, -0.05) is 12.1 Å². The number of rotatable bonds is 3. The van der Waals surface area contributed by atoms with Gasteiger partial charge in [0.15, 0.2) is 0 Å². The Hall–Kier alpha value is -1.81. The van der Waals surface area contributed by atoms with E-state index < -0.39 is 0 Å². The Labute approximate surface area is 117 Å². The lowest BCUT2D eigenvalue weighted by Crippen LogP contribution is -2.20. The first kappa shape index (κ1) is 13.6. The highest BCUT2D eigenvalue weighted by molar-refractivity contribution is 7.14. The van der Waals surface area contributed by atoms with E-state index in [4.69, 9.17) is 4.74 Å². The number of methoxy groups -OCH3 is 1. The zero-order valence-electron chi connectivity index (χ0n) is 11.6. The molecule has 0 spiro atoms. The monoisotopic (exact) mass is 275 g/mol. The van der Waals surface area contributed by atoms with Crippen molar-refractivity contribution in [2.45, 2.75) is 6.92 Å². The molecular weight excluding hydrogens is 258 g/mol. The fourth-order valence-electron chi connectivity index (χ4n) is 1.87. The molecule has 1 aromatic carbocycles. The molecule has 100 valence electrons. The summed E-state index contributed by atoms with van der Waals surface area (Å²) in [6, 6.07) is 9.85. The number of aryl methyl sites for hydroxylation is 1. The summed E-state index contributed by atoms with van der Waals surface area (Å²) < 4.78 is 5.15. The van der Waals surface area contributed by atoms with E-state index in [9.17, 15) is 4.79 Å². The van der Waals surface area contributed by atoms with Crippen molar-refractivity contribution in [2.75, 3.05) is 21.2 Å². The van der Waals surface area contributed by atoms with Crippen LogP contribution in [0.2, 0.25) is 0 Å². The summed E-state index contributed by atoms with van der Waals surface area (Å²) in [5.74, 6) is 0.883. The van der Waals surface area contributed by atoms with Crippen LogP contribution >= 0.6 is 11.3 Å². The molecule has 0 aliphatic heterocycles. The molecule has 0 atom stereocenters. The summed E-state index contributed by atoms with van der Waals surface area (Å²) in [5.41, 5.74) is 2.21. The van der Waals surface area contributed by atoms with Gasteiger partial charge in [-0.2, -0.15) is 0 Å². The summed E-state index contributed by atoms with van der Waals surface area (Å²) in [6.45, 7) is 2.04. The second-order valence-electron chi connectivity index (χ2n) is 4.51. The maximum atomic E-state index is 12.0. The van der Waals surface area contributed by atoms with Gasteiger partial charge in [0.2, 0.25) is 0 Å². The third-order valence-electron chi connectivity index (χ3n) is 2.94. The van der Waals surface area contributed by atoms with Crippen LogP contribution in [0.5, 0.6) is 5.75 Å². The second kappa shape index (κ2) is 5.45. The summed E-state index contributed by atoms with van der Waals surface area (Å²) in [6.07, 6.45) is 0. The van der Waals surface area contributed by atoms with Crippen LogP contribution in [0.1, 0.15) is 14.5 Å². The average Bonchev–Trinajstić information content (AvgIpc) is 2.80. The number of hydrogen-bond donors (Lipinski definition) is 0. The predicted octanol–water partition coefficient (Wildman–Crippen LogP) is 3.43. The molecule has 2 rings (SSSR count). The van der Waals surface area contributed by atoms with Gasteiger partial charge in [-0.05, 0) is 36.2 Å². The van der Waals surface area contributed by atoms with Gasteiger partial charge >= 0.3 is 0 Å². The molecule has 0 fully saturated rings. The minimum Gasteiger partial charge on any atom is -0.497 e. The molecule has 0 N–H and O–H groups in total. The first-order valence-electron chi connectivity index (χ1n) is 5.99. The Morgan fingerprint density at radius 3 is 2.37 bits per heavy atom. The van der Waals surface area contributed by atoms with Crippen molar-refractivity contribution in [1.82, 2.24) is 4.90 Å². The van der Waals surface area contributed by atoms with E-state index in [2.05, 4.69) is 0 Å². The highest BCUT2D eigenvalue weighted by Gasteiger charge is 2.14. The van der Waals surface area contributed by atoms with Crippen LogP contribution in [0.15, 0.2) is 30.3 Å². The molecule has 0 radical (unpaired) electrons. The quantitative estimate of drug-likeness (QED) is 0.859. The van der Waals surface area contributed by atoms with E-state index in [0.717, 1.165) is 26.6 Å². The summed E-state index contributed by atoms with van der Waals surface area (Å²) in [7, 11) is 5.19. The van der Waals surface area contributed by atoms with Crippen LogP contribution in [0, 0.1) is 6.92 Å². The number of carbonyl (C=O) groups is 1. The van der Waals surface area contributed by atoms with Crippen LogP contribution in [0.4, 0.5) is 0 Å². The van der Waals surface area contributed by atoms with E-state index >= 15 is 0 Å². The van der Waals surface area contributed by atoms with E-state index in [1.165, 1.54) is 11.3 Å². The van der Waals surface area contributed by atoms with Gasteiger partial charge in [-0.15, -0.1) is 11.3 Å². The molecule has 1 aromatic heterocycles. The van der Waals surface area contributed by atoms with Crippen molar-refractivity contribution >= 4 is 17.2 Å². The minimum absolute atomic E-state index is 0.0489. The molecule has 0 aliphatic carbocycles. The molecule has 0 unspecified atom stereocenters. The fourth-order valence-corrected chi connectivity index (χ4v) is 2.93. The highest BCUT2D eigenvalue weighted by Crippen LogP contribution is 2.32. The maximum absolute atomic E-state index is 12.0. The Bertz CT molecular complexity index is 585. The maximum Gasteiger partial charge on any atom is 0.263 e. The molecule has 0 saturated carbocycles. The van der Waals surface area contributed by atoms with Crippen molar-refractivity contribution < 1.29 is 9.53 Å². The molecule has 3 nitrogen and oxygen atoms in total. The van der Waals surface area contributed by atoms with E-state index in [1.54, 1.807) is 26.1 Å². The summed E-state index contributed by atoms with van der Waals surface area (Å²) >= 11 is 1.53. The zero-order valence-corrected chi connectivity index (χ0v) is 12.4. The zero-order chi connectivity index (χ0) is 14.0. The fraction of sp³-hybridized carbons (Fsp3) is 0.267.